The van der Waals surface area contributed by atoms with Gasteiger partial charge in [0.1, 0.15) is 12.0 Å². The minimum atomic E-state index is -0.133. The first-order valence-electron chi connectivity index (χ1n) is 5.97. The Morgan fingerprint density at radius 2 is 2.26 bits per heavy atom. The van der Waals surface area contributed by atoms with Crippen LogP contribution in [-0.2, 0) is 13.6 Å². The van der Waals surface area contributed by atoms with E-state index < -0.39 is 0 Å². The highest BCUT2D eigenvalue weighted by Crippen LogP contribution is 2.19. The zero-order chi connectivity index (χ0) is 14.0. The van der Waals surface area contributed by atoms with E-state index in [0.29, 0.717) is 18.1 Å². The zero-order valence-corrected chi connectivity index (χ0v) is 12.7. The van der Waals surface area contributed by atoms with Gasteiger partial charge in [0.15, 0.2) is 5.82 Å². The maximum Gasteiger partial charge on any atom is 0.268 e. The monoisotopic (exact) mass is 325 g/mol. The molecule has 0 aliphatic rings. The van der Waals surface area contributed by atoms with Crippen molar-refractivity contribution in [1.29, 1.82) is 0 Å². The fourth-order valence-corrected chi connectivity index (χ4v) is 2.21. The van der Waals surface area contributed by atoms with E-state index in [1.807, 2.05) is 24.6 Å². The Labute approximate surface area is 120 Å². The predicted octanol–water partition coefficient (Wildman–Crippen LogP) is 1.89. The maximum absolute atomic E-state index is 12.1. The van der Waals surface area contributed by atoms with Gasteiger partial charge in [-0.05, 0) is 35.8 Å². The van der Waals surface area contributed by atoms with Gasteiger partial charge in [-0.25, -0.2) is 4.98 Å². The first kappa shape index (κ1) is 13.8. The minimum Gasteiger partial charge on any atom is -0.343 e. The number of amides is 1. The predicted molar refractivity (Wildman–Crippen MR) is 74.7 cm³/mol. The summed E-state index contributed by atoms with van der Waals surface area (Å²) in [5, 5.41) is 6.93. The minimum absolute atomic E-state index is 0.133. The Balaban J connectivity index is 2.07. The van der Waals surface area contributed by atoms with Crippen molar-refractivity contribution >= 4 is 21.8 Å². The van der Waals surface area contributed by atoms with E-state index >= 15 is 0 Å². The molecule has 0 atom stereocenters. The van der Waals surface area contributed by atoms with Crippen LogP contribution in [0.2, 0.25) is 0 Å². The summed E-state index contributed by atoms with van der Waals surface area (Å²) in [6.07, 6.45) is 3.51. The topological polar surface area (TPSA) is 64.7 Å². The van der Waals surface area contributed by atoms with Crippen molar-refractivity contribution < 1.29 is 4.79 Å². The highest BCUT2D eigenvalue weighted by Gasteiger charge is 2.15. The molecule has 1 N–H and O–H groups in total. The molecule has 0 radical (unpaired) electrons. The van der Waals surface area contributed by atoms with E-state index in [1.165, 1.54) is 0 Å². The summed E-state index contributed by atoms with van der Waals surface area (Å²) in [7, 11) is 1.79. The number of carbonyl (C=O) groups is 1. The van der Waals surface area contributed by atoms with Crippen LogP contribution in [-0.4, -0.2) is 25.2 Å². The summed E-state index contributed by atoms with van der Waals surface area (Å²) in [6, 6.07) is 2.03. The number of hydrogen-bond donors (Lipinski definition) is 1. The van der Waals surface area contributed by atoms with Gasteiger partial charge in [0.2, 0.25) is 0 Å². The maximum atomic E-state index is 12.1. The van der Waals surface area contributed by atoms with Crippen molar-refractivity contribution in [3.8, 4) is 0 Å². The molecule has 19 heavy (non-hydrogen) atoms. The fraction of sp³-hybridized carbons (Fsp3) is 0.417. The lowest BCUT2D eigenvalue weighted by molar-refractivity contribution is 0.0939. The van der Waals surface area contributed by atoms with E-state index in [4.69, 9.17) is 0 Å². The molecule has 0 aliphatic heterocycles. The molecule has 2 rings (SSSR count). The summed E-state index contributed by atoms with van der Waals surface area (Å²) in [5.41, 5.74) is 0.623. The van der Waals surface area contributed by atoms with Gasteiger partial charge in [-0.15, -0.1) is 0 Å². The first-order chi connectivity index (χ1) is 8.97. The second kappa shape index (κ2) is 5.56. The van der Waals surface area contributed by atoms with Crippen molar-refractivity contribution in [3.63, 3.8) is 0 Å². The highest BCUT2D eigenvalue weighted by atomic mass is 79.9. The molecule has 0 aromatic carbocycles. The number of rotatable bonds is 4. The van der Waals surface area contributed by atoms with Crippen LogP contribution in [0.15, 0.2) is 23.1 Å². The second-order valence-corrected chi connectivity index (χ2v) is 5.48. The van der Waals surface area contributed by atoms with Crippen LogP contribution in [0.25, 0.3) is 0 Å². The molecule has 0 bridgehead atoms. The van der Waals surface area contributed by atoms with Crippen LogP contribution in [0.4, 0.5) is 0 Å². The standard InChI is InChI=1S/C12H16BrN5O/c1-8(2)18-6-9(13)4-10(18)12(19)14-5-11-15-7-17(3)16-11/h4,6-8H,5H2,1-3H3,(H,14,19). The third-order valence-electron chi connectivity index (χ3n) is 2.66. The average molecular weight is 326 g/mol. The average Bonchev–Trinajstić information content (AvgIpc) is 2.92. The summed E-state index contributed by atoms with van der Waals surface area (Å²) in [6.45, 7) is 4.38. The lowest BCUT2D eigenvalue weighted by atomic mass is 10.3. The molecular formula is C12H16BrN5O. The van der Waals surface area contributed by atoms with Crippen molar-refractivity contribution in [2.45, 2.75) is 26.4 Å². The molecule has 2 heterocycles. The van der Waals surface area contributed by atoms with E-state index in [-0.39, 0.29) is 11.9 Å². The van der Waals surface area contributed by atoms with Gasteiger partial charge in [0.05, 0.1) is 6.54 Å². The number of aromatic nitrogens is 4. The number of nitrogens with zero attached hydrogens (tertiary/aromatic N) is 4. The third kappa shape index (κ3) is 3.23. The normalized spacial score (nSPS) is 11.0. The number of nitrogens with one attached hydrogen (secondary N) is 1. The molecule has 0 aliphatic carbocycles. The molecule has 0 fully saturated rings. The molecule has 2 aromatic rings. The summed E-state index contributed by atoms with van der Waals surface area (Å²) in [5.74, 6) is 0.462. The van der Waals surface area contributed by atoms with E-state index in [0.717, 1.165) is 4.47 Å². The van der Waals surface area contributed by atoms with Gasteiger partial charge in [0, 0.05) is 23.8 Å². The van der Waals surface area contributed by atoms with E-state index in [1.54, 1.807) is 24.1 Å². The highest BCUT2D eigenvalue weighted by molar-refractivity contribution is 9.10. The van der Waals surface area contributed by atoms with Gasteiger partial charge >= 0.3 is 0 Å². The van der Waals surface area contributed by atoms with Crippen LogP contribution in [0.3, 0.4) is 0 Å². The Morgan fingerprint density at radius 1 is 1.53 bits per heavy atom. The van der Waals surface area contributed by atoms with Gasteiger partial charge in [-0.1, -0.05) is 0 Å². The SMILES string of the molecule is CC(C)n1cc(Br)cc1C(=O)NCc1ncn(C)n1. The van der Waals surface area contributed by atoms with Crippen molar-refractivity contribution in [2.24, 2.45) is 7.05 Å². The van der Waals surface area contributed by atoms with Gasteiger partial charge in [-0.2, -0.15) is 5.10 Å². The molecular weight excluding hydrogens is 310 g/mol. The number of aryl methyl sites for hydroxylation is 1. The quantitative estimate of drug-likeness (QED) is 0.933. The molecule has 6 nitrogen and oxygen atoms in total. The van der Waals surface area contributed by atoms with E-state index in [2.05, 4.69) is 31.3 Å². The summed E-state index contributed by atoms with van der Waals surface area (Å²) >= 11 is 3.39. The summed E-state index contributed by atoms with van der Waals surface area (Å²) in [4.78, 5) is 16.2. The zero-order valence-electron chi connectivity index (χ0n) is 11.1. The summed E-state index contributed by atoms with van der Waals surface area (Å²) < 4.78 is 4.42. The van der Waals surface area contributed by atoms with Gasteiger partial charge in [-0.3, -0.25) is 9.48 Å². The third-order valence-corrected chi connectivity index (χ3v) is 3.09. The molecule has 0 unspecified atom stereocenters. The van der Waals surface area contributed by atoms with Crippen molar-refractivity contribution in [1.82, 2.24) is 24.6 Å². The molecule has 7 heteroatoms. The largest absolute Gasteiger partial charge is 0.343 e. The Morgan fingerprint density at radius 3 is 2.84 bits per heavy atom. The lowest BCUT2D eigenvalue weighted by Gasteiger charge is -2.12. The first-order valence-corrected chi connectivity index (χ1v) is 6.76. The van der Waals surface area contributed by atoms with Crippen LogP contribution in [0.1, 0.15) is 36.2 Å². The smallest absolute Gasteiger partial charge is 0.268 e. The fourth-order valence-electron chi connectivity index (χ4n) is 1.77. The molecule has 0 saturated carbocycles. The molecule has 0 spiro atoms. The molecule has 1 amide bonds. The van der Waals surface area contributed by atoms with E-state index in [9.17, 15) is 4.79 Å². The van der Waals surface area contributed by atoms with Gasteiger partial charge in [0.25, 0.3) is 5.91 Å². The lowest BCUT2D eigenvalue weighted by Crippen LogP contribution is -2.26. The number of carbonyl (C=O) groups excluding carboxylic acids is 1. The van der Waals surface area contributed by atoms with Crippen molar-refractivity contribution in [2.75, 3.05) is 0 Å². The number of halogens is 1. The van der Waals surface area contributed by atoms with Gasteiger partial charge < -0.3 is 9.88 Å². The molecule has 102 valence electrons. The molecule has 0 saturated heterocycles. The van der Waals surface area contributed by atoms with Crippen LogP contribution >= 0.6 is 15.9 Å². The van der Waals surface area contributed by atoms with Crippen LogP contribution in [0.5, 0.6) is 0 Å². The van der Waals surface area contributed by atoms with Crippen molar-refractivity contribution in [3.05, 3.63) is 34.6 Å². The number of hydrogen-bond acceptors (Lipinski definition) is 3. The Hall–Kier alpha value is -1.63. The molecule has 2 aromatic heterocycles. The second-order valence-electron chi connectivity index (χ2n) is 4.56. The Kier molecular flexibility index (Phi) is 4.04. The van der Waals surface area contributed by atoms with Crippen LogP contribution < -0.4 is 5.32 Å². The van der Waals surface area contributed by atoms with Crippen LogP contribution in [0, 0.1) is 0 Å². The Bertz CT molecular complexity index is 587.